The smallest absolute Gasteiger partial charge is 0.273 e. The molecule has 1 aromatic heterocycles. The third-order valence-corrected chi connectivity index (χ3v) is 3.47. The number of benzene rings is 2. The Morgan fingerprint density at radius 3 is 2.71 bits per heavy atom. The molecule has 0 saturated heterocycles. The highest BCUT2D eigenvalue weighted by Crippen LogP contribution is 2.05. The maximum absolute atomic E-state index is 12.1. The zero-order valence-corrected chi connectivity index (χ0v) is 12.9. The van der Waals surface area contributed by atoms with Crippen molar-refractivity contribution >= 4 is 5.91 Å². The molecule has 0 bridgehead atoms. The van der Waals surface area contributed by atoms with Gasteiger partial charge in [-0.15, -0.1) is 5.10 Å². The van der Waals surface area contributed by atoms with Crippen molar-refractivity contribution in [2.45, 2.75) is 13.1 Å². The van der Waals surface area contributed by atoms with Crippen LogP contribution in [0.25, 0.3) is 0 Å². The van der Waals surface area contributed by atoms with Crippen molar-refractivity contribution in [1.29, 1.82) is 5.26 Å². The van der Waals surface area contributed by atoms with Gasteiger partial charge >= 0.3 is 0 Å². The highest BCUT2D eigenvalue weighted by molar-refractivity contribution is 5.91. The third-order valence-electron chi connectivity index (χ3n) is 3.47. The maximum atomic E-state index is 12.1. The lowest BCUT2D eigenvalue weighted by Gasteiger charge is -2.03. The van der Waals surface area contributed by atoms with Crippen LogP contribution in [0.5, 0.6) is 0 Å². The molecule has 0 spiro atoms. The molecule has 0 aliphatic heterocycles. The van der Waals surface area contributed by atoms with Gasteiger partial charge in [0.25, 0.3) is 5.91 Å². The highest BCUT2D eigenvalue weighted by atomic mass is 16.2. The van der Waals surface area contributed by atoms with Crippen LogP contribution in [-0.2, 0) is 13.1 Å². The molecule has 0 fully saturated rings. The van der Waals surface area contributed by atoms with E-state index in [4.69, 9.17) is 5.26 Å². The zero-order valence-electron chi connectivity index (χ0n) is 12.9. The Kier molecular flexibility index (Phi) is 4.63. The summed E-state index contributed by atoms with van der Waals surface area (Å²) in [6.45, 7) is 0.894. The summed E-state index contributed by atoms with van der Waals surface area (Å²) >= 11 is 0. The fraction of sp³-hybridized carbons (Fsp3) is 0.111. The molecule has 1 N–H and O–H groups in total. The Hall–Kier alpha value is -3.46. The fourth-order valence-electron chi connectivity index (χ4n) is 2.27. The van der Waals surface area contributed by atoms with Crippen LogP contribution >= 0.6 is 0 Å². The summed E-state index contributed by atoms with van der Waals surface area (Å²) in [4.78, 5) is 12.1. The number of rotatable bonds is 5. The molecule has 3 rings (SSSR count). The van der Waals surface area contributed by atoms with Crippen LogP contribution in [0.3, 0.4) is 0 Å². The highest BCUT2D eigenvalue weighted by Gasteiger charge is 2.10. The van der Waals surface area contributed by atoms with Gasteiger partial charge in [0, 0.05) is 6.54 Å². The van der Waals surface area contributed by atoms with Crippen molar-refractivity contribution in [3.05, 3.63) is 83.2 Å². The molecule has 0 aliphatic rings. The Morgan fingerprint density at radius 2 is 1.92 bits per heavy atom. The minimum Gasteiger partial charge on any atom is -0.347 e. The second-order valence-electron chi connectivity index (χ2n) is 5.28. The SMILES string of the molecule is N#Cc1cccc(CNC(=O)c2cn(Cc3ccccc3)nn2)c1. The van der Waals surface area contributed by atoms with Crippen LogP contribution in [0.2, 0.25) is 0 Å². The average molecular weight is 317 g/mol. The Morgan fingerprint density at radius 1 is 1.12 bits per heavy atom. The summed E-state index contributed by atoms with van der Waals surface area (Å²) in [6, 6.07) is 19.0. The number of aromatic nitrogens is 3. The monoisotopic (exact) mass is 317 g/mol. The molecule has 3 aromatic rings. The van der Waals surface area contributed by atoms with Gasteiger partial charge in [0.15, 0.2) is 5.69 Å². The molecule has 0 aliphatic carbocycles. The van der Waals surface area contributed by atoms with E-state index < -0.39 is 0 Å². The van der Waals surface area contributed by atoms with Crippen molar-refractivity contribution in [2.24, 2.45) is 0 Å². The number of hydrogen-bond acceptors (Lipinski definition) is 4. The summed E-state index contributed by atoms with van der Waals surface area (Å²) in [5.41, 5.74) is 2.78. The Labute approximate surface area is 139 Å². The summed E-state index contributed by atoms with van der Waals surface area (Å²) < 4.78 is 1.63. The quantitative estimate of drug-likeness (QED) is 0.781. The first-order valence-corrected chi connectivity index (χ1v) is 7.46. The number of hydrogen-bond donors (Lipinski definition) is 1. The van der Waals surface area contributed by atoms with E-state index in [0.29, 0.717) is 18.7 Å². The maximum Gasteiger partial charge on any atom is 0.273 e. The molecule has 1 amide bonds. The third kappa shape index (κ3) is 3.84. The van der Waals surface area contributed by atoms with Gasteiger partial charge in [-0.2, -0.15) is 5.26 Å². The van der Waals surface area contributed by atoms with Gasteiger partial charge in [0.05, 0.1) is 24.4 Å². The average Bonchev–Trinajstić information content (AvgIpc) is 3.09. The number of nitriles is 1. The molecule has 24 heavy (non-hydrogen) atoms. The second kappa shape index (κ2) is 7.20. The van der Waals surface area contributed by atoms with Gasteiger partial charge in [-0.1, -0.05) is 47.7 Å². The van der Waals surface area contributed by atoms with E-state index in [0.717, 1.165) is 11.1 Å². The van der Waals surface area contributed by atoms with Gasteiger partial charge < -0.3 is 5.32 Å². The molecule has 0 unspecified atom stereocenters. The van der Waals surface area contributed by atoms with Gasteiger partial charge in [0.1, 0.15) is 0 Å². The molecule has 0 saturated carbocycles. The first kappa shape index (κ1) is 15.4. The minimum absolute atomic E-state index is 0.266. The van der Waals surface area contributed by atoms with Gasteiger partial charge in [-0.05, 0) is 23.3 Å². The van der Waals surface area contributed by atoms with E-state index in [1.54, 1.807) is 29.1 Å². The lowest BCUT2D eigenvalue weighted by Crippen LogP contribution is -2.23. The molecular formula is C18H15N5O. The van der Waals surface area contributed by atoms with E-state index in [2.05, 4.69) is 21.7 Å². The summed E-state index contributed by atoms with van der Waals surface area (Å²) in [5, 5.41) is 19.5. The van der Waals surface area contributed by atoms with Crippen LogP contribution in [0, 0.1) is 11.3 Å². The molecule has 118 valence electrons. The molecule has 0 radical (unpaired) electrons. The number of nitrogens with one attached hydrogen (secondary N) is 1. The fourth-order valence-corrected chi connectivity index (χ4v) is 2.27. The first-order valence-electron chi connectivity index (χ1n) is 7.46. The van der Waals surface area contributed by atoms with Crippen LogP contribution in [0.15, 0.2) is 60.8 Å². The van der Waals surface area contributed by atoms with E-state index in [1.165, 1.54) is 0 Å². The molecule has 2 aromatic carbocycles. The van der Waals surface area contributed by atoms with E-state index >= 15 is 0 Å². The van der Waals surface area contributed by atoms with Crippen LogP contribution in [0.1, 0.15) is 27.2 Å². The van der Waals surface area contributed by atoms with Crippen molar-refractivity contribution in [1.82, 2.24) is 20.3 Å². The van der Waals surface area contributed by atoms with Crippen molar-refractivity contribution in [3.63, 3.8) is 0 Å². The van der Waals surface area contributed by atoms with Crippen LogP contribution in [-0.4, -0.2) is 20.9 Å². The van der Waals surface area contributed by atoms with E-state index in [-0.39, 0.29) is 11.6 Å². The van der Waals surface area contributed by atoms with Crippen molar-refractivity contribution in [2.75, 3.05) is 0 Å². The van der Waals surface area contributed by atoms with Gasteiger partial charge in [-0.3, -0.25) is 4.79 Å². The summed E-state index contributed by atoms with van der Waals surface area (Å²) in [5.74, 6) is -0.295. The normalized spacial score (nSPS) is 10.1. The summed E-state index contributed by atoms with van der Waals surface area (Å²) in [6.07, 6.45) is 1.62. The zero-order chi connectivity index (χ0) is 16.8. The number of nitrogens with zero attached hydrogens (tertiary/aromatic N) is 4. The lowest BCUT2D eigenvalue weighted by molar-refractivity contribution is 0.0946. The molecule has 0 atom stereocenters. The standard InChI is InChI=1S/C18H15N5O/c19-10-15-7-4-8-16(9-15)11-20-18(24)17-13-23(22-21-17)12-14-5-2-1-3-6-14/h1-9,13H,11-12H2,(H,20,24). The number of carbonyl (C=O) groups is 1. The largest absolute Gasteiger partial charge is 0.347 e. The van der Waals surface area contributed by atoms with Gasteiger partial charge in [0.2, 0.25) is 0 Å². The predicted octanol–water partition coefficient (Wildman–Crippen LogP) is 2.13. The topological polar surface area (TPSA) is 83.6 Å². The van der Waals surface area contributed by atoms with E-state index in [1.807, 2.05) is 36.4 Å². The number of carbonyl (C=O) groups excluding carboxylic acids is 1. The van der Waals surface area contributed by atoms with Crippen molar-refractivity contribution in [3.8, 4) is 6.07 Å². The molecule has 6 nitrogen and oxygen atoms in total. The Bertz CT molecular complexity index is 880. The first-order chi connectivity index (χ1) is 11.7. The van der Waals surface area contributed by atoms with E-state index in [9.17, 15) is 4.79 Å². The number of amides is 1. The molecular weight excluding hydrogens is 302 g/mol. The van der Waals surface area contributed by atoms with Crippen molar-refractivity contribution < 1.29 is 4.79 Å². The molecule has 1 heterocycles. The molecule has 6 heteroatoms. The van der Waals surface area contributed by atoms with Crippen LogP contribution < -0.4 is 5.32 Å². The summed E-state index contributed by atoms with van der Waals surface area (Å²) in [7, 11) is 0. The second-order valence-corrected chi connectivity index (χ2v) is 5.28. The Balaban J connectivity index is 1.60. The minimum atomic E-state index is -0.295. The van der Waals surface area contributed by atoms with Gasteiger partial charge in [-0.25, -0.2) is 4.68 Å². The van der Waals surface area contributed by atoms with Crippen LogP contribution in [0.4, 0.5) is 0 Å². The lowest BCUT2D eigenvalue weighted by atomic mass is 10.1. The predicted molar refractivity (Wildman–Crippen MR) is 87.9 cm³/mol.